The summed E-state index contributed by atoms with van der Waals surface area (Å²) < 4.78 is 19.2. The molecule has 5 rings (SSSR count). The molecular formula is C34H32N2O7S. The average Bonchev–Trinajstić information content (AvgIpc) is 3.34. The van der Waals surface area contributed by atoms with Gasteiger partial charge in [0.2, 0.25) is 0 Å². The van der Waals surface area contributed by atoms with Gasteiger partial charge in [0.15, 0.2) is 4.80 Å². The Labute approximate surface area is 258 Å². The number of carbonyl (C=O) groups excluding carboxylic acids is 1. The minimum Gasteiger partial charge on any atom is -0.496 e. The molecule has 9 nitrogen and oxygen atoms in total. The van der Waals surface area contributed by atoms with Crippen molar-refractivity contribution >= 4 is 29.4 Å². The maximum absolute atomic E-state index is 14.1. The number of carboxylic acids is 1. The van der Waals surface area contributed by atoms with E-state index >= 15 is 0 Å². The topological polar surface area (TPSA) is 116 Å². The molecule has 0 radical (unpaired) electrons. The van der Waals surface area contributed by atoms with Crippen LogP contribution >= 0.6 is 11.3 Å². The number of carbonyl (C=O) groups is 2. The Balaban J connectivity index is 1.61. The third-order valence-corrected chi connectivity index (χ3v) is 8.11. The van der Waals surface area contributed by atoms with Crippen molar-refractivity contribution < 1.29 is 28.9 Å². The van der Waals surface area contributed by atoms with E-state index in [2.05, 4.69) is 0 Å². The molecule has 0 unspecified atom stereocenters. The summed E-state index contributed by atoms with van der Waals surface area (Å²) in [6, 6.07) is 20.4. The number of hydrogen-bond acceptors (Lipinski definition) is 8. The number of para-hydroxylation sites is 2. The fraction of sp³-hybridized carbons (Fsp3) is 0.235. The van der Waals surface area contributed by atoms with E-state index < -0.39 is 18.0 Å². The molecule has 0 fully saturated rings. The predicted molar refractivity (Wildman–Crippen MR) is 167 cm³/mol. The van der Waals surface area contributed by atoms with Crippen LogP contribution in [0.25, 0.3) is 6.08 Å². The van der Waals surface area contributed by atoms with Gasteiger partial charge in [0.25, 0.3) is 5.56 Å². The molecule has 3 aromatic carbocycles. The summed E-state index contributed by atoms with van der Waals surface area (Å²) >= 11 is 1.24. The van der Waals surface area contributed by atoms with Gasteiger partial charge < -0.3 is 19.3 Å². The molecular weight excluding hydrogens is 580 g/mol. The van der Waals surface area contributed by atoms with Crippen molar-refractivity contribution in [2.24, 2.45) is 4.99 Å². The lowest BCUT2D eigenvalue weighted by atomic mass is 9.93. The lowest BCUT2D eigenvalue weighted by Gasteiger charge is -2.26. The number of aromatic nitrogens is 1. The Hall–Kier alpha value is -4.96. The Morgan fingerprint density at radius 3 is 2.39 bits per heavy atom. The summed E-state index contributed by atoms with van der Waals surface area (Å²) in [4.78, 5) is 44.0. The summed E-state index contributed by atoms with van der Waals surface area (Å²) in [5.41, 5.74) is 2.96. The maximum Gasteiger partial charge on any atom is 0.338 e. The molecule has 44 heavy (non-hydrogen) atoms. The van der Waals surface area contributed by atoms with Crippen LogP contribution in [0.5, 0.6) is 11.5 Å². The number of methoxy groups -OCH3 is 1. The van der Waals surface area contributed by atoms with Gasteiger partial charge in [-0.1, -0.05) is 73.2 Å². The highest BCUT2D eigenvalue weighted by molar-refractivity contribution is 7.07. The van der Waals surface area contributed by atoms with E-state index in [0.717, 1.165) is 12.0 Å². The fourth-order valence-electron chi connectivity index (χ4n) is 5.08. The number of allylic oxidation sites excluding steroid dienone is 1. The van der Waals surface area contributed by atoms with Crippen LogP contribution in [0.4, 0.5) is 0 Å². The van der Waals surface area contributed by atoms with Gasteiger partial charge in [0.05, 0.1) is 35.1 Å². The van der Waals surface area contributed by atoms with Crippen LogP contribution in [-0.2, 0) is 16.1 Å². The third kappa shape index (κ3) is 6.21. The van der Waals surface area contributed by atoms with Crippen LogP contribution in [0.15, 0.2) is 93.9 Å². The Kier molecular flexibility index (Phi) is 9.40. The van der Waals surface area contributed by atoms with E-state index in [1.54, 1.807) is 42.9 Å². The summed E-state index contributed by atoms with van der Waals surface area (Å²) in [5.74, 6) is -0.406. The van der Waals surface area contributed by atoms with Crippen molar-refractivity contribution in [3.05, 3.63) is 126 Å². The first-order valence-electron chi connectivity index (χ1n) is 14.2. The third-order valence-electron chi connectivity index (χ3n) is 7.13. The van der Waals surface area contributed by atoms with E-state index in [9.17, 15) is 14.4 Å². The van der Waals surface area contributed by atoms with Crippen LogP contribution in [-0.4, -0.2) is 35.3 Å². The van der Waals surface area contributed by atoms with Crippen molar-refractivity contribution in [3.8, 4) is 11.5 Å². The van der Waals surface area contributed by atoms with E-state index in [-0.39, 0.29) is 24.3 Å². The van der Waals surface area contributed by atoms with Crippen molar-refractivity contribution in [3.63, 3.8) is 0 Å². The summed E-state index contributed by atoms with van der Waals surface area (Å²) in [6.45, 7) is 4.15. The Morgan fingerprint density at radius 2 is 1.70 bits per heavy atom. The number of nitrogens with zero attached hydrogens (tertiary/aromatic N) is 2. The number of aromatic carboxylic acids is 1. The molecule has 0 amide bonds. The average molecular weight is 613 g/mol. The first-order valence-corrected chi connectivity index (χ1v) is 15.1. The molecule has 1 aliphatic heterocycles. The number of esters is 1. The molecule has 226 valence electrons. The number of ether oxygens (including phenoxy) is 3. The molecule has 1 N–H and O–H groups in total. The monoisotopic (exact) mass is 612 g/mol. The zero-order valence-electron chi connectivity index (χ0n) is 24.6. The second-order valence-corrected chi connectivity index (χ2v) is 11.0. The largest absolute Gasteiger partial charge is 0.496 e. The second-order valence-electron chi connectivity index (χ2n) is 9.98. The van der Waals surface area contributed by atoms with E-state index in [4.69, 9.17) is 24.3 Å². The molecule has 0 saturated carbocycles. The van der Waals surface area contributed by atoms with Gasteiger partial charge in [-0.05, 0) is 49.2 Å². The second kappa shape index (κ2) is 13.6. The molecule has 10 heteroatoms. The summed E-state index contributed by atoms with van der Waals surface area (Å²) in [5, 5.41) is 9.16. The number of hydrogen-bond donors (Lipinski definition) is 1. The summed E-state index contributed by atoms with van der Waals surface area (Å²) in [7, 11) is 1.56. The van der Waals surface area contributed by atoms with Gasteiger partial charge in [-0.3, -0.25) is 9.36 Å². The van der Waals surface area contributed by atoms with E-state index in [1.165, 1.54) is 23.5 Å². The van der Waals surface area contributed by atoms with Crippen molar-refractivity contribution in [1.29, 1.82) is 0 Å². The molecule has 0 saturated heterocycles. The molecule has 2 heterocycles. The molecule has 1 aliphatic rings. The molecule has 1 aromatic heterocycles. The minimum absolute atomic E-state index is 0.186. The lowest BCUT2D eigenvalue weighted by molar-refractivity contribution is -0.139. The van der Waals surface area contributed by atoms with Gasteiger partial charge in [-0.2, -0.15) is 0 Å². The van der Waals surface area contributed by atoms with Crippen LogP contribution in [0.2, 0.25) is 0 Å². The first kappa shape index (κ1) is 30.5. The standard InChI is InChI=1S/C34H32N2O7S/c1-4-10-25-29(33(40)42-5-2)30(24-12-7-9-14-27(24)41-3)36-31(37)28(44-34(36)35-25)19-23-11-6-8-13-26(23)43-20-21-15-17-22(18-16-21)32(38)39/h6-9,11-19,30H,4-5,10,20H2,1-3H3,(H,38,39)/b28-19-/t30-/m1/s1. The predicted octanol–water partition coefficient (Wildman–Crippen LogP) is 4.86. The molecule has 0 aliphatic carbocycles. The van der Waals surface area contributed by atoms with Gasteiger partial charge in [0.1, 0.15) is 24.1 Å². The van der Waals surface area contributed by atoms with Crippen LogP contribution in [0.3, 0.4) is 0 Å². The molecule has 0 spiro atoms. The van der Waals surface area contributed by atoms with Gasteiger partial charge in [-0.25, -0.2) is 14.6 Å². The highest BCUT2D eigenvalue weighted by Crippen LogP contribution is 2.36. The van der Waals surface area contributed by atoms with Gasteiger partial charge >= 0.3 is 11.9 Å². The number of thiazole rings is 1. The van der Waals surface area contributed by atoms with Crippen LogP contribution in [0.1, 0.15) is 59.8 Å². The Morgan fingerprint density at radius 1 is 1.00 bits per heavy atom. The van der Waals surface area contributed by atoms with Crippen molar-refractivity contribution in [2.45, 2.75) is 39.3 Å². The van der Waals surface area contributed by atoms with Crippen LogP contribution in [0, 0.1) is 0 Å². The quantitative estimate of drug-likeness (QED) is 0.241. The molecule has 4 aromatic rings. The number of carboxylic acid groups (broad SMARTS) is 1. The van der Waals surface area contributed by atoms with Crippen molar-refractivity contribution in [2.75, 3.05) is 13.7 Å². The normalized spacial score (nSPS) is 14.5. The number of benzene rings is 3. The van der Waals surface area contributed by atoms with Gasteiger partial charge in [0, 0.05) is 11.1 Å². The highest BCUT2D eigenvalue weighted by atomic mass is 32.1. The van der Waals surface area contributed by atoms with E-state index in [1.807, 2.05) is 49.4 Å². The zero-order valence-corrected chi connectivity index (χ0v) is 25.4. The zero-order chi connectivity index (χ0) is 31.2. The smallest absolute Gasteiger partial charge is 0.338 e. The fourth-order valence-corrected chi connectivity index (χ4v) is 6.10. The first-order chi connectivity index (χ1) is 21.4. The van der Waals surface area contributed by atoms with Crippen LogP contribution < -0.4 is 24.4 Å². The molecule has 0 bridgehead atoms. The molecule has 1 atom stereocenters. The van der Waals surface area contributed by atoms with Crippen molar-refractivity contribution in [1.82, 2.24) is 4.57 Å². The number of fused-ring (bicyclic) bond motifs is 1. The lowest BCUT2D eigenvalue weighted by Crippen LogP contribution is -2.40. The number of rotatable bonds is 11. The SMILES string of the molecule is CCCC1=C(C(=O)OCC)[C@@H](c2ccccc2OC)n2c(s/c(=C\c3ccccc3OCc3ccc(C(=O)O)cc3)c2=O)=N1. The minimum atomic E-state index is -0.992. The van der Waals surface area contributed by atoms with E-state index in [0.29, 0.717) is 49.7 Å². The van der Waals surface area contributed by atoms with Gasteiger partial charge in [-0.15, -0.1) is 0 Å². The summed E-state index contributed by atoms with van der Waals surface area (Å²) in [6.07, 6.45) is 3.05. The Bertz CT molecular complexity index is 1900. The maximum atomic E-state index is 14.1. The highest BCUT2D eigenvalue weighted by Gasteiger charge is 2.35.